The number of carboxylic acid groups (broad SMARTS) is 1. The number of thiophene rings is 1. The van der Waals surface area contributed by atoms with Crippen molar-refractivity contribution in [2.45, 2.75) is 13.1 Å². The number of carboxylic acids is 1. The number of fused-ring (bicyclic) bond motifs is 1. The molecule has 1 saturated heterocycles. The van der Waals surface area contributed by atoms with Crippen LogP contribution in [0.1, 0.15) is 5.56 Å². The maximum absolute atomic E-state index is 11.7. The fraction of sp³-hybridized carbons (Fsp3) is 0.263. The third kappa shape index (κ3) is 4.85. The van der Waals surface area contributed by atoms with Gasteiger partial charge in [-0.3, -0.25) is 4.79 Å². The number of anilines is 1. The Morgan fingerprint density at radius 1 is 1.23 bits per heavy atom. The minimum atomic E-state index is -5.08. The summed E-state index contributed by atoms with van der Waals surface area (Å²) in [6, 6.07) is 8.46. The molecule has 3 heterocycles. The van der Waals surface area contributed by atoms with Gasteiger partial charge in [0.05, 0.1) is 11.9 Å². The van der Waals surface area contributed by atoms with Crippen LogP contribution >= 0.6 is 11.3 Å². The van der Waals surface area contributed by atoms with Gasteiger partial charge in [-0.2, -0.15) is 13.2 Å². The molecule has 1 aromatic carbocycles. The van der Waals surface area contributed by atoms with E-state index in [0.717, 1.165) is 33.7 Å². The lowest BCUT2D eigenvalue weighted by atomic mass is 10.0. The van der Waals surface area contributed by atoms with Crippen LogP contribution in [0.3, 0.4) is 0 Å². The van der Waals surface area contributed by atoms with Crippen LogP contribution in [0.15, 0.2) is 36.0 Å². The predicted molar refractivity (Wildman–Crippen MR) is 107 cm³/mol. The number of rotatable bonds is 2. The van der Waals surface area contributed by atoms with Gasteiger partial charge in [0.25, 0.3) is 0 Å². The Kier molecular flexibility index (Phi) is 6.20. The summed E-state index contributed by atoms with van der Waals surface area (Å²) in [6.45, 7) is 3.83. The Bertz CT molecular complexity index is 1070. The SMILES string of the molecule is Cc1ccc(-c2csc3ncnc(N4CCNC(=O)C4)c23)cc1.O=C(O)C(F)(F)F. The fourth-order valence-corrected chi connectivity index (χ4v) is 3.77. The number of hydrogen-bond donors (Lipinski definition) is 2. The van der Waals surface area contributed by atoms with Crippen molar-refractivity contribution in [1.82, 2.24) is 15.3 Å². The Hall–Kier alpha value is -3.21. The molecule has 0 atom stereocenters. The molecule has 1 aliphatic heterocycles. The number of carbonyl (C=O) groups is 2. The highest BCUT2D eigenvalue weighted by molar-refractivity contribution is 7.17. The number of aromatic nitrogens is 2. The number of hydrogen-bond acceptors (Lipinski definition) is 6. The average Bonchev–Trinajstić information content (AvgIpc) is 3.12. The lowest BCUT2D eigenvalue weighted by Crippen LogP contribution is -2.48. The van der Waals surface area contributed by atoms with Gasteiger partial charge in [0.1, 0.15) is 17.0 Å². The van der Waals surface area contributed by atoms with Crippen molar-refractivity contribution in [2.24, 2.45) is 0 Å². The van der Waals surface area contributed by atoms with Crippen molar-refractivity contribution in [3.8, 4) is 11.1 Å². The minimum absolute atomic E-state index is 0.0372. The summed E-state index contributed by atoms with van der Waals surface area (Å²) < 4.78 is 31.7. The molecule has 4 rings (SSSR count). The smallest absolute Gasteiger partial charge is 0.475 e. The Morgan fingerprint density at radius 2 is 1.90 bits per heavy atom. The number of aryl methyl sites for hydroxylation is 1. The van der Waals surface area contributed by atoms with Gasteiger partial charge in [0.2, 0.25) is 5.91 Å². The number of carbonyl (C=O) groups excluding carboxylic acids is 1. The van der Waals surface area contributed by atoms with Crippen LogP contribution in [0.2, 0.25) is 0 Å². The molecule has 1 aliphatic rings. The van der Waals surface area contributed by atoms with Crippen LogP contribution in [0, 0.1) is 6.92 Å². The Morgan fingerprint density at radius 3 is 2.50 bits per heavy atom. The first kappa shape index (κ1) is 21.5. The number of piperazine rings is 1. The zero-order valence-corrected chi connectivity index (χ0v) is 16.5. The highest BCUT2D eigenvalue weighted by Crippen LogP contribution is 2.37. The van der Waals surface area contributed by atoms with Gasteiger partial charge in [0.15, 0.2) is 0 Å². The second kappa shape index (κ2) is 8.66. The molecule has 2 N–H and O–H groups in total. The molecule has 1 amide bonds. The van der Waals surface area contributed by atoms with E-state index >= 15 is 0 Å². The van der Waals surface area contributed by atoms with Gasteiger partial charge in [-0.05, 0) is 12.5 Å². The monoisotopic (exact) mass is 438 g/mol. The van der Waals surface area contributed by atoms with Crippen LogP contribution < -0.4 is 10.2 Å². The molecule has 11 heteroatoms. The van der Waals surface area contributed by atoms with Gasteiger partial charge < -0.3 is 15.3 Å². The molecule has 7 nitrogen and oxygen atoms in total. The summed E-state index contributed by atoms with van der Waals surface area (Å²) in [4.78, 5) is 32.5. The summed E-state index contributed by atoms with van der Waals surface area (Å²) in [7, 11) is 0. The standard InChI is InChI=1S/C17H16N4OS.C2HF3O2/c1-11-2-4-12(5-3-11)13-9-23-17-15(13)16(19-10-20-17)21-7-6-18-14(22)8-21;3-2(4,5)1(6)7/h2-5,9-10H,6-8H2,1H3,(H,18,22);(H,6,7). The Labute approximate surface area is 173 Å². The number of amides is 1. The van der Waals surface area contributed by atoms with Crippen molar-refractivity contribution in [1.29, 1.82) is 0 Å². The average molecular weight is 438 g/mol. The van der Waals surface area contributed by atoms with Crippen LogP contribution in [-0.2, 0) is 9.59 Å². The van der Waals surface area contributed by atoms with Crippen molar-refractivity contribution in [3.63, 3.8) is 0 Å². The van der Waals surface area contributed by atoms with Crippen molar-refractivity contribution >= 4 is 39.2 Å². The minimum Gasteiger partial charge on any atom is -0.475 e. The highest BCUT2D eigenvalue weighted by Gasteiger charge is 2.38. The molecule has 0 aliphatic carbocycles. The molecular weight excluding hydrogens is 421 g/mol. The van der Waals surface area contributed by atoms with Gasteiger partial charge >= 0.3 is 12.1 Å². The zero-order valence-electron chi connectivity index (χ0n) is 15.7. The predicted octanol–water partition coefficient (Wildman–Crippen LogP) is 3.24. The molecule has 3 aromatic rings. The third-order valence-corrected chi connectivity index (χ3v) is 5.18. The summed E-state index contributed by atoms with van der Waals surface area (Å²) in [5.74, 6) is -1.87. The number of nitrogens with one attached hydrogen (secondary N) is 1. The lowest BCUT2D eigenvalue weighted by molar-refractivity contribution is -0.192. The van der Waals surface area contributed by atoms with Crippen molar-refractivity contribution < 1.29 is 27.9 Å². The molecule has 1 fully saturated rings. The van der Waals surface area contributed by atoms with Crippen LogP contribution in [-0.4, -0.2) is 52.8 Å². The van der Waals surface area contributed by atoms with E-state index in [0.29, 0.717) is 13.1 Å². The topological polar surface area (TPSA) is 95.4 Å². The van der Waals surface area contributed by atoms with E-state index in [1.165, 1.54) is 5.56 Å². The fourth-order valence-electron chi connectivity index (χ4n) is 2.86. The third-order valence-electron chi connectivity index (χ3n) is 4.29. The first-order valence-electron chi connectivity index (χ1n) is 8.78. The van der Waals surface area contributed by atoms with Crippen molar-refractivity contribution in [3.05, 3.63) is 41.5 Å². The number of alkyl halides is 3. The van der Waals surface area contributed by atoms with E-state index in [9.17, 15) is 18.0 Å². The van der Waals surface area contributed by atoms with Crippen LogP contribution in [0.4, 0.5) is 19.0 Å². The maximum Gasteiger partial charge on any atom is 0.490 e. The molecule has 0 saturated carbocycles. The highest BCUT2D eigenvalue weighted by atomic mass is 32.1. The largest absolute Gasteiger partial charge is 0.490 e. The first-order valence-corrected chi connectivity index (χ1v) is 9.66. The molecule has 0 bridgehead atoms. The summed E-state index contributed by atoms with van der Waals surface area (Å²) >= 11 is 1.61. The van der Waals surface area contributed by atoms with E-state index in [-0.39, 0.29) is 5.91 Å². The van der Waals surface area contributed by atoms with Crippen LogP contribution in [0.5, 0.6) is 0 Å². The van der Waals surface area contributed by atoms with E-state index in [1.807, 2.05) is 4.90 Å². The Balaban J connectivity index is 0.000000318. The molecule has 30 heavy (non-hydrogen) atoms. The molecule has 0 unspecified atom stereocenters. The van der Waals surface area contributed by atoms with E-state index in [1.54, 1.807) is 17.7 Å². The van der Waals surface area contributed by atoms with Gasteiger partial charge in [0, 0.05) is 24.0 Å². The van der Waals surface area contributed by atoms with Gasteiger partial charge in [-0.15, -0.1) is 11.3 Å². The molecule has 158 valence electrons. The van der Waals surface area contributed by atoms with Gasteiger partial charge in [-0.25, -0.2) is 14.8 Å². The maximum atomic E-state index is 11.7. The second-order valence-electron chi connectivity index (χ2n) is 6.47. The van der Waals surface area contributed by atoms with E-state index in [2.05, 4.69) is 51.9 Å². The molecule has 2 aromatic heterocycles. The normalized spacial score (nSPS) is 14.1. The second-order valence-corrected chi connectivity index (χ2v) is 7.33. The number of halogens is 3. The summed E-state index contributed by atoms with van der Waals surface area (Å²) in [5.41, 5.74) is 3.52. The van der Waals surface area contributed by atoms with Crippen LogP contribution in [0.25, 0.3) is 21.3 Å². The number of aliphatic carboxylic acids is 1. The molecule has 0 radical (unpaired) electrons. The zero-order chi connectivity index (χ0) is 21.9. The van der Waals surface area contributed by atoms with E-state index in [4.69, 9.17) is 9.90 Å². The van der Waals surface area contributed by atoms with E-state index < -0.39 is 12.1 Å². The van der Waals surface area contributed by atoms with Crippen molar-refractivity contribution in [2.75, 3.05) is 24.5 Å². The quantitative estimate of drug-likeness (QED) is 0.638. The summed E-state index contributed by atoms with van der Waals surface area (Å²) in [6.07, 6.45) is -3.50. The number of benzene rings is 1. The summed E-state index contributed by atoms with van der Waals surface area (Å²) in [5, 5.41) is 13.1. The number of nitrogens with zero attached hydrogens (tertiary/aromatic N) is 3. The lowest BCUT2D eigenvalue weighted by Gasteiger charge is -2.28. The molecular formula is C19H17F3N4O3S. The van der Waals surface area contributed by atoms with Gasteiger partial charge in [-0.1, -0.05) is 29.8 Å². The molecule has 0 spiro atoms. The first-order chi connectivity index (χ1) is 14.2.